The molecule has 0 saturated heterocycles. The Kier molecular flexibility index (Phi) is 7.37. The van der Waals surface area contributed by atoms with Crippen molar-refractivity contribution >= 4 is 45.9 Å². The molecule has 0 bridgehead atoms. The Balaban J connectivity index is 1.31. The van der Waals surface area contributed by atoms with E-state index in [1.807, 2.05) is 0 Å². The lowest BCUT2D eigenvalue weighted by molar-refractivity contribution is -0.115. The zero-order chi connectivity index (χ0) is 27.0. The maximum Gasteiger partial charge on any atom is 0.247 e. The maximum absolute atomic E-state index is 13.3. The highest BCUT2D eigenvalue weighted by molar-refractivity contribution is 7.79. The van der Waals surface area contributed by atoms with Crippen LogP contribution in [0, 0.1) is 5.82 Å². The first-order chi connectivity index (χ1) is 18.2. The third kappa shape index (κ3) is 5.37. The molecule has 1 fully saturated rings. The molecule has 5 rings (SSSR count). The summed E-state index contributed by atoms with van der Waals surface area (Å²) in [4.78, 5) is 12.7. The fourth-order valence-electron chi connectivity index (χ4n) is 4.33. The van der Waals surface area contributed by atoms with Crippen LogP contribution in [0.3, 0.4) is 0 Å². The molecule has 1 N–H and O–H groups in total. The van der Waals surface area contributed by atoms with Crippen molar-refractivity contribution < 1.29 is 22.4 Å². The molecule has 1 aliphatic carbocycles. The number of amides is 1. The fourth-order valence-corrected chi connectivity index (χ4v) is 5.56. The summed E-state index contributed by atoms with van der Waals surface area (Å²) in [7, 11) is 0. The Hall–Kier alpha value is -3.11. The van der Waals surface area contributed by atoms with Gasteiger partial charge in [-0.2, -0.15) is 0 Å². The summed E-state index contributed by atoms with van der Waals surface area (Å²) < 4.78 is 41.5. The van der Waals surface area contributed by atoms with Crippen LogP contribution < -0.4 is 5.32 Å². The molecule has 196 valence electrons. The van der Waals surface area contributed by atoms with Crippen LogP contribution in [0.5, 0.6) is 0 Å². The lowest BCUT2D eigenvalue weighted by Crippen LogP contribution is -2.16. The summed E-state index contributed by atoms with van der Waals surface area (Å²) in [6.07, 6.45) is 1.50. The van der Waals surface area contributed by atoms with E-state index < -0.39 is 21.7 Å². The monoisotopic (exact) mass is 572 g/mol. The molecule has 2 atom stereocenters. The largest absolute Gasteiger partial charge is 0.772 e. The lowest BCUT2D eigenvalue weighted by Gasteiger charge is -2.17. The molecule has 1 heterocycles. The number of benzene rings is 3. The van der Waals surface area contributed by atoms with Crippen molar-refractivity contribution in [2.24, 2.45) is 0 Å². The van der Waals surface area contributed by atoms with Gasteiger partial charge in [0, 0.05) is 32.1 Å². The molecule has 3 aromatic carbocycles. The molecule has 4 aromatic rings. The van der Waals surface area contributed by atoms with Gasteiger partial charge in [0.25, 0.3) is 0 Å². The minimum Gasteiger partial charge on any atom is -0.772 e. The molecule has 7 nitrogen and oxygen atoms in total. The Labute approximate surface area is 230 Å². The van der Waals surface area contributed by atoms with Crippen LogP contribution >= 0.6 is 23.2 Å². The Morgan fingerprint density at radius 1 is 1.11 bits per heavy atom. The number of nitrogens with zero attached hydrogens (tertiary/aromatic N) is 2. The van der Waals surface area contributed by atoms with Gasteiger partial charge < -0.3 is 14.3 Å². The van der Waals surface area contributed by atoms with Crippen molar-refractivity contribution in [2.75, 3.05) is 5.32 Å². The molecule has 11 heteroatoms. The van der Waals surface area contributed by atoms with Crippen LogP contribution in [0.2, 0.25) is 10.0 Å². The van der Waals surface area contributed by atoms with Crippen molar-refractivity contribution in [1.82, 2.24) is 10.2 Å². The van der Waals surface area contributed by atoms with Gasteiger partial charge in [-0.1, -0.05) is 47.5 Å². The molecule has 0 spiro atoms. The number of halogens is 3. The molecule has 1 saturated carbocycles. The van der Waals surface area contributed by atoms with E-state index in [1.165, 1.54) is 12.1 Å². The van der Waals surface area contributed by atoms with Crippen LogP contribution in [-0.4, -0.2) is 24.9 Å². The third-order valence-corrected chi connectivity index (χ3v) is 8.03. The highest BCUT2D eigenvalue weighted by atomic mass is 35.5. The van der Waals surface area contributed by atoms with E-state index in [0.29, 0.717) is 51.2 Å². The van der Waals surface area contributed by atoms with Gasteiger partial charge >= 0.3 is 0 Å². The lowest BCUT2D eigenvalue weighted by atomic mass is 9.95. The Bertz CT molecular complexity index is 1500. The number of carbonyl (C=O) groups excluding carboxylic acids is 1. The molecule has 0 aliphatic heterocycles. The number of anilines is 1. The van der Waals surface area contributed by atoms with E-state index in [2.05, 4.69) is 15.5 Å². The van der Waals surface area contributed by atoms with E-state index in [0.717, 1.165) is 5.56 Å². The van der Waals surface area contributed by atoms with Crippen molar-refractivity contribution in [3.05, 3.63) is 99.1 Å². The van der Waals surface area contributed by atoms with E-state index in [9.17, 15) is 17.9 Å². The predicted molar refractivity (Wildman–Crippen MR) is 142 cm³/mol. The quantitative estimate of drug-likeness (QED) is 0.245. The highest BCUT2D eigenvalue weighted by Gasteiger charge is 2.53. The minimum absolute atomic E-state index is 0.0875. The van der Waals surface area contributed by atoms with Crippen molar-refractivity contribution in [2.45, 2.75) is 36.9 Å². The number of aromatic nitrogens is 2. The molecular weight excluding hydrogens is 552 g/mol. The Morgan fingerprint density at radius 3 is 2.32 bits per heavy atom. The Morgan fingerprint density at radius 2 is 1.74 bits per heavy atom. The van der Waals surface area contributed by atoms with E-state index in [4.69, 9.17) is 27.6 Å². The average molecular weight is 573 g/mol. The molecule has 1 aromatic heterocycles. The smallest absolute Gasteiger partial charge is 0.247 e. The topological polar surface area (TPSA) is 108 Å². The summed E-state index contributed by atoms with van der Waals surface area (Å²) in [6.45, 7) is 1.59. The zero-order valence-corrected chi connectivity index (χ0v) is 22.4. The standard InChI is InChI=1S/C27H22Cl2FN3O4S/c1-15(38(35)36)17-4-2-16(3-5-17)12-23(34)31-20-13-21(28)24(22(29)14-20)27(10-11-27)26-33-32-25(37-26)18-6-8-19(30)9-7-18/h2-9,13-15H,10-12H2,1H3,(H,31,34)(H,35,36)/p-1. The molecule has 0 radical (unpaired) electrons. The summed E-state index contributed by atoms with van der Waals surface area (Å²) in [5, 5.41) is 11.2. The fraction of sp³-hybridized carbons (Fsp3) is 0.222. The van der Waals surface area contributed by atoms with Gasteiger partial charge in [0.05, 0.1) is 11.8 Å². The van der Waals surface area contributed by atoms with Crippen LogP contribution in [0.15, 0.2) is 65.1 Å². The SMILES string of the molecule is CC(c1ccc(CC(=O)Nc2cc(Cl)c(C3(c4nnc(-c5ccc(F)cc5)o4)CC3)c(Cl)c2)cc1)S(=O)[O-]. The number of hydrogen-bond donors (Lipinski definition) is 1. The average Bonchev–Trinajstić information content (AvgIpc) is 3.50. The second kappa shape index (κ2) is 10.6. The maximum atomic E-state index is 13.3. The van der Waals surface area contributed by atoms with Crippen molar-refractivity contribution in [3.8, 4) is 11.5 Å². The second-order valence-corrected chi connectivity index (χ2v) is 11.2. The van der Waals surface area contributed by atoms with Crippen molar-refractivity contribution in [1.29, 1.82) is 0 Å². The van der Waals surface area contributed by atoms with Gasteiger partial charge in [-0.05, 0) is 78.4 Å². The number of nitrogens with one attached hydrogen (secondary N) is 1. The van der Waals surface area contributed by atoms with Crippen LogP contribution in [0.4, 0.5) is 10.1 Å². The normalized spacial score (nSPS) is 15.6. The van der Waals surface area contributed by atoms with Gasteiger partial charge in [0.2, 0.25) is 17.7 Å². The van der Waals surface area contributed by atoms with Crippen LogP contribution in [0.25, 0.3) is 11.5 Å². The summed E-state index contributed by atoms with van der Waals surface area (Å²) in [6, 6.07) is 15.9. The van der Waals surface area contributed by atoms with E-state index >= 15 is 0 Å². The second-order valence-electron chi connectivity index (χ2n) is 9.19. The van der Waals surface area contributed by atoms with Gasteiger partial charge in [-0.25, -0.2) is 4.39 Å². The van der Waals surface area contributed by atoms with Crippen molar-refractivity contribution in [3.63, 3.8) is 0 Å². The first-order valence-electron chi connectivity index (χ1n) is 11.7. The predicted octanol–water partition coefficient (Wildman–Crippen LogP) is 6.38. The summed E-state index contributed by atoms with van der Waals surface area (Å²) in [5.74, 6) is 0.00209. The summed E-state index contributed by atoms with van der Waals surface area (Å²) >= 11 is 11.1. The highest BCUT2D eigenvalue weighted by Crippen LogP contribution is 2.57. The van der Waals surface area contributed by atoms with E-state index in [-0.39, 0.29) is 24.0 Å². The number of hydrogen-bond acceptors (Lipinski definition) is 6. The van der Waals surface area contributed by atoms with Gasteiger partial charge in [0.1, 0.15) is 5.82 Å². The molecule has 1 aliphatic rings. The molecule has 1 amide bonds. The van der Waals surface area contributed by atoms with E-state index in [1.54, 1.807) is 55.5 Å². The van der Waals surface area contributed by atoms with Gasteiger partial charge in [0.15, 0.2) is 0 Å². The minimum atomic E-state index is -2.21. The summed E-state index contributed by atoms with van der Waals surface area (Å²) in [5.41, 5.74) is 2.43. The number of carbonyl (C=O) groups is 1. The first-order valence-corrected chi connectivity index (χ1v) is 13.6. The van der Waals surface area contributed by atoms with Crippen LogP contribution in [0.1, 0.15) is 47.6 Å². The zero-order valence-electron chi connectivity index (χ0n) is 20.0. The molecule has 38 heavy (non-hydrogen) atoms. The van der Waals surface area contributed by atoms with Gasteiger partial charge in [-0.3, -0.25) is 9.00 Å². The first kappa shape index (κ1) is 26.5. The van der Waals surface area contributed by atoms with Gasteiger partial charge in [-0.15, -0.1) is 10.2 Å². The number of rotatable bonds is 8. The molecule has 2 unspecified atom stereocenters. The van der Waals surface area contributed by atoms with Crippen LogP contribution in [-0.2, 0) is 27.7 Å². The molecular formula is C27H21Cl2FN3O4S-. The third-order valence-electron chi connectivity index (χ3n) is 6.58.